The molecule has 0 saturated carbocycles. The highest BCUT2D eigenvalue weighted by Crippen LogP contribution is 2.06. The summed E-state index contributed by atoms with van der Waals surface area (Å²) in [5, 5.41) is 0. The molecule has 0 aromatic carbocycles. The highest BCUT2D eigenvalue weighted by Gasteiger charge is 2.14. The molecular weight excluding hydrogens is 138 g/mol. The quantitative estimate of drug-likeness (QED) is 0.605. The van der Waals surface area contributed by atoms with Crippen molar-refractivity contribution in [2.24, 2.45) is 0 Å². The third kappa shape index (κ3) is 4.14. The number of Topliss-reactive ketones (excluding diaryl/α,β-unsaturated/α-hetero) is 1. The van der Waals surface area contributed by atoms with Gasteiger partial charge in [0.15, 0.2) is 0 Å². The summed E-state index contributed by atoms with van der Waals surface area (Å²) in [4.78, 5) is 13.0. The lowest BCUT2D eigenvalue weighted by atomic mass is 10.1. The number of ketones is 1. The summed E-state index contributed by atoms with van der Waals surface area (Å²) < 4.78 is 0. The average molecular weight is 157 g/mol. The van der Waals surface area contributed by atoms with Gasteiger partial charge in [-0.1, -0.05) is 19.8 Å². The number of unbranched alkanes of at least 4 members (excludes halogenated alkanes) is 1. The smallest absolute Gasteiger partial charge is 0.146 e. The first-order valence-electron chi connectivity index (χ1n) is 4.26. The number of carbonyl (C=O) groups excluding carboxylic acids is 1. The fourth-order valence-corrected chi connectivity index (χ4v) is 1.22. The molecule has 0 fully saturated rings. The van der Waals surface area contributed by atoms with E-state index in [1.807, 2.05) is 19.0 Å². The van der Waals surface area contributed by atoms with E-state index in [0.717, 1.165) is 19.3 Å². The van der Waals surface area contributed by atoms with Gasteiger partial charge in [0.2, 0.25) is 0 Å². The second-order valence-corrected chi connectivity index (χ2v) is 3.23. The monoisotopic (exact) mass is 157 g/mol. The Morgan fingerprint density at radius 2 is 2.00 bits per heavy atom. The van der Waals surface area contributed by atoms with Gasteiger partial charge in [0.1, 0.15) is 5.78 Å². The number of nitrogens with zero attached hydrogens (tertiary/aromatic N) is 1. The van der Waals surface area contributed by atoms with Crippen molar-refractivity contribution < 1.29 is 4.79 Å². The molecule has 0 spiro atoms. The first-order valence-corrected chi connectivity index (χ1v) is 4.26. The van der Waals surface area contributed by atoms with Gasteiger partial charge in [0.25, 0.3) is 0 Å². The van der Waals surface area contributed by atoms with Crippen LogP contribution in [0, 0.1) is 0 Å². The molecule has 0 aromatic heterocycles. The van der Waals surface area contributed by atoms with Gasteiger partial charge in [-0.2, -0.15) is 0 Å². The molecule has 0 aliphatic rings. The van der Waals surface area contributed by atoms with Crippen molar-refractivity contribution in [3.63, 3.8) is 0 Å². The second kappa shape index (κ2) is 5.30. The van der Waals surface area contributed by atoms with E-state index in [-0.39, 0.29) is 11.8 Å². The molecule has 0 amide bonds. The van der Waals surface area contributed by atoms with Crippen LogP contribution in [0.4, 0.5) is 0 Å². The molecule has 0 unspecified atom stereocenters. The van der Waals surface area contributed by atoms with Crippen LogP contribution in [0.25, 0.3) is 0 Å². The maximum atomic E-state index is 11.0. The van der Waals surface area contributed by atoms with Crippen molar-refractivity contribution >= 4 is 5.78 Å². The fourth-order valence-electron chi connectivity index (χ4n) is 1.22. The average Bonchev–Trinajstić information content (AvgIpc) is 1.87. The lowest BCUT2D eigenvalue weighted by molar-refractivity contribution is -0.121. The lowest BCUT2D eigenvalue weighted by Crippen LogP contribution is -2.34. The molecule has 0 bridgehead atoms. The van der Waals surface area contributed by atoms with Crippen LogP contribution in [0.2, 0.25) is 0 Å². The number of hydrogen-bond donors (Lipinski definition) is 0. The zero-order valence-corrected chi connectivity index (χ0v) is 8.05. The molecule has 0 radical (unpaired) electrons. The summed E-state index contributed by atoms with van der Waals surface area (Å²) >= 11 is 0. The van der Waals surface area contributed by atoms with E-state index >= 15 is 0 Å². The third-order valence-electron chi connectivity index (χ3n) is 1.92. The van der Waals surface area contributed by atoms with Crippen molar-refractivity contribution in [3.8, 4) is 0 Å². The van der Waals surface area contributed by atoms with Gasteiger partial charge >= 0.3 is 0 Å². The maximum absolute atomic E-state index is 11.0. The van der Waals surface area contributed by atoms with Crippen molar-refractivity contribution in [2.45, 2.75) is 39.2 Å². The van der Waals surface area contributed by atoms with E-state index in [0.29, 0.717) is 0 Å². The van der Waals surface area contributed by atoms with Gasteiger partial charge in [-0.05, 0) is 27.4 Å². The molecule has 0 saturated heterocycles. The van der Waals surface area contributed by atoms with Crippen LogP contribution >= 0.6 is 0 Å². The summed E-state index contributed by atoms with van der Waals surface area (Å²) in [6, 6.07) is 0.134. The van der Waals surface area contributed by atoms with Gasteiger partial charge in [0.05, 0.1) is 6.04 Å². The Balaban J connectivity index is 3.80. The van der Waals surface area contributed by atoms with Gasteiger partial charge in [0, 0.05) is 0 Å². The number of rotatable bonds is 5. The Bertz CT molecular complexity index is 121. The summed E-state index contributed by atoms with van der Waals surface area (Å²) in [6.07, 6.45) is 3.30. The van der Waals surface area contributed by atoms with Crippen LogP contribution in [-0.4, -0.2) is 30.8 Å². The summed E-state index contributed by atoms with van der Waals surface area (Å²) in [6.45, 7) is 3.81. The molecular formula is C9H19NO. The van der Waals surface area contributed by atoms with Crippen LogP contribution in [0.5, 0.6) is 0 Å². The first kappa shape index (κ1) is 10.6. The lowest BCUT2D eigenvalue weighted by Gasteiger charge is -2.20. The Labute approximate surface area is 69.6 Å². The molecule has 2 nitrogen and oxygen atoms in total. The van der Waals surface area contributed by atoms with Crippen molar-refractivity contribution in [1.82, 2.24) is 4.90 Å². The summed E-state index contributed by atoms with van der Waals surface area (Å²) in [5.41, 5.74) is 0. The van der Waals surface area contributed by atoms with Crippen LogP contribution in [0.15, 0.2) is 0 Å². The fraction of sp³-hybridized carbons (Fsp3) is 0.889. The summed E-state index contributed by atoms with van der Waals surface area (Å²) in [5.74, 6) is 0.281. The second-order valence-electron chi connectivity index (χ2n) is 3.23. The highest BCUT2D eigenvalue weighted by molar-refractivity contribution is 5.81. The molecule has 0 aromatic rings. The predicted octanol–water partition coefficient (Wildman–Crippen LogP) is 1.70. The van der Waals surface area contributed by atoms with Crippen LogP contribution < -0.4 is 0 Å². The van der Waals surface area contributed by atoms with E-state index in [9.17, 15) is 4.79 Å². The van der Waals surface area contributed by atoms with Crippen LogP contribution in [0.1, 0.15) is 33.1 Å². The van der Waals surface area contributed by atoms with Gasteiger partial charge in [-0.25, -0.2) is 0 Å². The third-order valence-corrected chi connectivity index (χ3v) is 1.92. The Hall–Kier alpha value is -0.370. The Morgan fingerprint density at radius 1 is 1.45 bits per heavy atom. The molecule has 1 atom stereocenters. The molecule has 0 aliphatic heterocycles. The number of carbonyl (C=O) groups is 1. The SMILES string of the molecule is CCCC[C@@H](C(C)=O)N(C)C. The van der Waals surface area contributed by atoms with Crippen LogP contribution in [-0.2, 0) is 4.79 Å². The van der Waals surface area contributed by atoms with Crippen molar-refractivity contribution in [2.75, 3.05) is 14.1 Å². The normalized spacial score (nSPS) is 13.5. The van der Waals surface area contributed by atoms with Gasteiger partial charge in [-0.3, -0.25) is 9.69 Å². The zero-order chi connectivity index (χ0) is 8.85. The van der Waals surface area contributed by atoms with E-state index in [4.69, 9.17) is 0 Å². The van der Waals surface area contributed by atoms with Gasteiger partial charge in [-0.15, -0.1) is 0 Å². The topological polar surface area (TPSA) is 20.3 Å². The van der Waals surface area contributed by atoms with E-state index < -0.39 is 0 Å². The minimum Gasteiger partial charge on any atom is -0.300 e. The minimum absolute atomic E-state index is 0.134. The summed E-state index contributed by atoms with van der Waals surface area (Å²) in [7, 11) is 3.92. The molecule has 0 rings (SSSR count). The first-order chi connectivity index (χ1) is 5.09. The minimum atomic E-state index is 0.134. The van der Waals surface area contributed by atoms with E-state index in [1.165, 1.54) is 0 Å². The Kier molecular flexibility index (Phi) is 5.12. The van der Waals surface area contributed by atoms with Gasteiger partial charge < -0.3 is 0 Å². The standard InChI is InChI=1S/C9H19NO/c1-5-6-7-9(8(2)11)10(3)4/h9H,5-7H2,1-4H3/t9-/m0/s1. The number of likely N-dealkylation sites (N-methyl/N-ethyl adjacent to an activating group) is 1. The predicted molar refractivity (Wildman–Crippen MR) is 47.7 cm³/mol. The van der Waals surface area contributed by atoms with E-state index in [2.05, 4.69) is 6.92 Å². The molecule has 2 heteroatoms. The highest BCUT2D eigenvalue weighted by atomic mass is 16.1. The largest absolute Gasteiger partial charge is 0.300 e. The molecule has 66 valence electrons. The zero-order valence-electron chi connectivity index (χ0n) is 8.05. The molecule has 0 aliphatic carbocycles. The maximum Gasteiger partial charge on any atom is 0.146 e. The number of hydrogen-bond acceptors (Lipinski definition) is 2. The van der Waals surface area contributed by atoms with E-state index in [1.54, 1.807) is 6.92 Å². The molecule has 11 heavy (non-hydrogen) atoms. The Morgan fingerprint density at radius 3 is 2.27 bits per heavy atom. The molecule has 0 N–H and O–H groups in total. The van der Waals surface area contributed by atoms with Crippen molar-refractivity contribution in [1.29, 1.82) is 0 Å². The van der Waals surface area contributed by atoms with Crippen molar-refractivity contribution in [3.05, 3.63) is 0 Å². The van der Waals surface area contributed by atoms with Crippen LogP contribution in [0.3, 0.4) is 0 Å². The molecule has 0 heterocycles.